The minimum atomic E-state index is -3.53. The molecular formula is C14H27N3O5S. The van der Waals surface area contributed by atoms with E-state index in [4.69, 9.17) is 8.92 Å². The van der Waals surface area contributed by atoms with Crippen molar-refractivity contribution in [2.24, 2.45) is 0 Å². The van der Waals surface area contributed by atoms with Gasteiger partial charge in [0.05, 0.1) is 19.0 Å². The number of carbonyl (C=O) groups is 1. The number of hydrogen-bond donors (Lipinski definition) is 0. The summed E-state index contributed by atoms with van der Waals surface area (Å²) in [6.07, 6.45) is 0.856. The molecule has 8 nitrogen and oxygen atoms in total. The van der Waals surface area contributed by atoms with E-state index in [-0.39, 0.29) is 12.8 Å². The molecule has 0 aliphatic carbocycles. The van der Waals surface area contributed by atoms with Gasteiger partial charge >= 0.3 is 6.09 Å². The van der Waals surface area contributed by atoms with E-state index < -0.39 is 22.3 Å². The Kier molecular flexibility index (Phi) is 6.24. The van der Waals surface area contributed by atoms with Crippen LogP contribution in [0.5, 0.6) is 0 Å². The van der Waals surface area contributed by atoms with Crippen molar-refractivity contribution >= 4 is 16.2 Å². The van der Waals surface area contributed by atoms with E-state index >= 15 is 0 Å². The second-order valence-corrected chi connectivity index (χ2v) is 7.65. The van der Waals surface area contributed by atoms with Crippen LogP contribution in [0.25, 0.3) is 0 Å². The Balaban J connectivity index is 1.92. The lowest BCUT2D eigenvalue weighted by atomic mass is 10.2. The molecule has 134 valence electrons. The Hall–Kier alpha value is -0.900. The Morgan fingerprint density at radius 3 is 2.43 bits per heavy atom. The molecule has 0 N–H and O–H groups in total. The number of likely N-dealkylation sites (N-methyl/N-ethyl adjacent to an activating group) is 1. The number of hydrogen-bond acceptors (Lipinski definition) is 7. The molecule has 2 aliphatic heterocycles. The smallest absolute Gasteiger partial charge is 0.411 e. The highest BCUT2D eigenvalue weighted by Crippen LogP contribution is 2.21. The zero-order chi connectivity index (χ0) is 17.0. The van der Waals surface area contributed by atoms with Crippen LogP contribution >= 0.6 is 0 Å². The van der Waals surface area contributed by atoms with Crippen molar-refractivity contribution in [1.29, 1.82) is 0 Å². The average Bonchev–Trinajstić information content (AvgIpc) is 2.87. The number of piperazine rings is 1. The first-order valence-electron chi connectivity index (χ1n) is 8.12. The van der Waals surface area contributed by atoms with Crippen molar-refractivity contribution in [3.8, 4) is 0 Å². The second-order valence-electron chi connectivity index (χ2n) is 6.01. The van der Waals surface area contributed by atoms with Gasteiger partial charge in [-0.2, -0.15) is 8.42 Å². The van der Waals surface area contributed by atoms with Gasteiger partial charge in [0.25, 0.3) is 10.1 Å². The highest BCUT2D eigenvalue weighted by atomic mass is 32.2. The first kappa shape index (κ1) is 18.4. The molecule has 2 fully saturated rings. The molecule has 23 heavy (non-hydrogen) atoms. The maximum Gasteiger partial charge on any atom is 0.411 e. The molecule has 2 heterocycles. The standard InChI is InChI=1S/C14H27N3O5S/c1-4-13(16-8-6-15(5-2)7-9-16)17-10-12(22-14(17)18)11-21-23(3,19)20/h12-13H,4-11H2,1-3H3. The van der Waals surface area contributed by atoms with E-state index in [0.717, 1.165) is 45.4 Å². The van der Waals surface area contributed by atoms with Crippen LogP contribution in [0.15, 0.2) is 0 Å². The van der Waals surface area contributed by atoms with Crippen molar-refractivity contribution in [2.45, 2.75) is 32.5 Å². The normalized spacial score (nSPS) is 25.6. The van der Waals surface area contributed by atoms with Gasteiger partial charge in [-0.1, -0.05) is 13.8 Å². The van der Waals surface area contributed by atoms with Crippen LogP contribution in [-0.4, -0.2) is 93.6 Å². The van der Waals surface area contributed by atoms with E-state index in [9.17, 15) is 13.2 Å². The third kappa shape index (κ3) is 5.03. The van der Waals surface area contributed by atoms with Crippen molar-refractivity contribution in [3.05, 3.63) is 0 Å². The van der Waals surface area contributed by atoms with Crippen LogP contribution in [0.1, 0.15) is 20.3 Å². The van der Waals surface area contributed by atoms with Gasteiger partial charge in [-0.3, -0.25) is 14.0 Å². The van der Waals surface area contributed by atoms with Gasteiger partial charge in [-0.25, -0.2) is 4.79 Å². The summed E-state index contributed by atoms with van der Waals surface area (Å²) in [4.78, 5) is 18.5. The monoisotopic (exact) mass is 349 g/mol. The number of amides is 1. The van der Waals surface area contributed by atoms with Crippen LogP contribution in [-0.2, 0) is 19.0 Å². The van der Waals surface area contributed by atoms with E-state index in [1.165, 1.54) is 0 Å². The minimum absolute atomic E-state index is 0.00950. The summed E-state index contributed by atoms with van der Waals surface area (Å²) in [6, 6.07) is 0. The molecule has 2 saturated heterocycles. The third-order valence-corrected chi connectivity index (χ3v) is 4.94. The first-order chi connectivity index (χ1) is 10.8. The number of rotatable bonds is 7. The molecular weight excluding hydrogens is 322 g/mol. The second kappa shape index (κ2) is 7.78. The fourth-order valence-corrected chi connectivity index (χ4v) is 3.52. The molecule has 2 aliphatic rings. The average molecular weight is 349 g/mol. The van der Waals surface area contributed by atoms with Crippen molar-refractivity contribution < 1.29 is 22.1 Å². The fourth-order valence-electron chi connectivity index (χ4n) is 3.12. The van der Waals surface area contributed by atoms with E-state index in [1.807, 2.05) is 6.92 Å². The maximum atomic E-state index is 12.1. The highest BCUT2D eigenvalue weighted by molar-refractivity contribution is 7.85. The number of nitrogens with zero attached hydrogens (tertiary/aromatic N) is 3. The summed E-state index contributed by atoms with van der Waals surface area (Å²) >= 11 is 0. The van der Waals surface area contributed by atoms with E-state index in [1.54, 1.807) is 4.90 Å². The Morgan fingerprint density at radius 1 is 1.26 bits per heavy atom. The summed E-state index contributed by atoms with van der Waals surface area (Å²) in [7, 11) is -3.53. The van der Waals surface area contributed by atoms with Crippen LogP contribution in [0.2, 0.25) is 0 Å². The lowest BCUT2D eigenvalue weighted by Gasteiger charge is -2.41. The quantitative estimate of drug-likeness (QED) is 0.606. The molecule has 0 bridgehead atoms. The van der Waals surface area contributed by atoms with E-state index in [2.05, 4.69) is 16.7 Å². The molecule has 2 atom stereocenters. The molecule has 0 aromatic heterocycles. The molecule has 0 spiro atoms. The van der Waals surface area contributed by atoms with Crippen LogP contribution in [0, 0.1) is 0 Å². The summed E-state index contributed by atoms with van der Waals surface area (Å²) < 4.78 is 32.1. The maximum absolute atomic E-state index is 12.1. The topological polar surface area (TPSA) is 79.4 Å². The largest absolute Gasteiger partial charge is 0.442 e. The third-order valence-electron chi connectivity index (χ3n) is 4.37. The molecule has 2 rings (SSSR count). The van der Waals surface area contributed by atoms with Gasteiger partial charge in [0.2, 0.25) is 0 Å². The molecule has 0 aromatic rings. The Bertz CT molecular complexity index is 505. The molecule has 2 unspecified atom stereocenters. The van der Waals surface area contributed by atoms with Crippen molar-refractivity contribution in [3.63, 3.8) is 0 Å². The van der Waals surface area contributed by atoms with Crippen molar-refractivity contribution in [1.82, 2.24) is 14.7 Å². The van der Waals surface area contributed by atoms with Gasteiger partial charge in [0, 0.05) is 26.2 Å². The zero-order valence-corrected chi connectivity index (χ0v) is 14.9. The van der Waals surface area contributed by atoms with Gasteiger partial charge < -0.3 is 9.64 Å². The predicted octanol–water partition coefficient (Wildman–Crippen LogP) is 0.157. The number of ether oxygens (including phenoxy) is 1. The highest BCUT2D eigenvalue weighted by Gasteiger charge is 2.39. The van der Waals surface area contributed by atoms with Gasteiger partial charge in [-0.05, 0) is 13.0 Å². The summed E-state index contributed by atoms with van der Waals surface area (Å²) in [5.74, 6) is 0. The van der Waals surface area contributed by atoms with E-state index in [0.29, 0.717) is 6.54 Å². The molecule has 0 saturated carbocycles. The summed E-state index contributed by atoms with van der Waals surface area (Å²) in [6.45, 7) is 9.30. The van der Waals surface area contributed by atoms with Crippen LogP contribution in [0.4, 0.5) is 4.79 Å². The zero-order valence-electron chi connectivity index (χ0n) is 14.1. The van der Waals surface area contributed by atoms with Crippen LogP contribution in [0.3, 0.4) is 0 Å². The van der Waals surface area contributed by atoms with Gasteiger partial charge in [0.15, 0.2) is 0 Å². The molecule has 0 radical (unpaired) electrons. The predicted molar refractivity (Wildman–Crippen MR) is 85.5 cm³/mol. The van der Waals surface area contributed by atoms with Crippen LogP contribution < -0.4 is 0 Å². The molecule has 9 heteroatoms. The fraction of sp³-hybridized carbons (Fsp3) is 0.929. The number of cyclic esters (lactones) is 1. The lowest BCUT2D eigenvalue weighted by molar-refractivity contribution is 0.0295. The Labute approximate surface area is 138 Å². The summed E-state index contributed by atoms with van der Waals surface area (Å²) in [5.41, 5.74) is 0. The first-order valence-corrected chi connectivity index (χ1v) is 9.93. The SMILES string of the molecule is CCC(N1CCN(CC)CC1)N1CC(COS(C)(=O)=O)OC1=O. The summed E-state index contributed by atoms with van der Waals surface area (Å²) in [5, 5.41) is 0. The number of carbonyl (C=O) groups excluding carboxylic acids is 1. The molecule has 1 amide bonds. The molecule has 0 aromatic carbocycles. The minimum Gasteiger partial charge on any atom is -0.442 e. The van der Waals surface area contributed by atoms with Crippen molar-refractivity contribution in [2.75, 3.05) is 52.1 Å². The Morgan fingerprint density at radius 2 is 1.91 bits per heavy atom. The lowest BCUT2D eigenvalue weighted by Crippen LogP contribution is -2.56. The van der Waals surface area contributed by atoms with Gasteiger partial charge in [0.1, 0.15) is 12.7 Å². The van der Waals surface area contributed by atoms with Gasteiger partial charge in [-0.15, -0.1) is 0 Å².